The fourth-order valence-electron chi connectivity index (χ4n) is 15.9. The number of anilines is 4. The third-order valence-corrected chi connectivity index (χ3v) is 21.2. The molecule has 0 saturated carbocycles. The zero-order chi connectivity index (χ0) is 68.9. The third-order valence-electron chi connectivity index (χ3n) is 21.2. The molecule has 0 amide bonds. The van der Waals surface area contributed by atoms with Gasteiger partial charge in [0.2, 0.25) is 0 Å². The van der Waals surface area contributed by atoms with Crippen LogP contribution in [0.4, 0.5) is 22.7 Å². The van der Waals surface area contributed by atoms with E-state index in [1.165, 1.54) is 89.0 Å². The molecule has 502 valence electrons. The summed E-state index contributed by atoms with van der Waals surface area (Å²) in [5.74, 6) is 1.99. The minimum atomic E-state index is -0.475. The van der Waals surface area contributed by atoms with E-state index >= 15 is 0 Å². The van der Waals surface area contributed by atoms with Crippen LogP contribution in [0.3, 0.4) is 0 Å². The first-order valence-electron chi connectivity index (χ1n) is 35.3. The summed E-state index contributed by atoms with van der Waals surface area (Å²) >= 11 is 0. The number of rotatable bonds is 8. The van der Waals surface area contributed by atoms with Gasteiger partial charge in [0.25, 0.3) is 0 Å². The molecule has 0 N–H and O–H groups in total. The molecule has 0 saturated heterocycles. The van der Waals surface area contributed by atoms with Crippen LogP contribution in [0, 0.1) is 18.8 Å². The Labute approximate surface area is 606 Å². The van der Waals surface area contributed by atoms with Crippen molar-refractivity contribution in [3.05, 3.63) is 317 Å². The quantitative estimate of drug-likeness (QED) is 0.142. The van der Waals surface area contributed by atoms with Gasteiger partial charge >= 0.3 is 0 Å². The molecule has 100 heavy (non-hydrogen) atoms. The average Bonchev–Trinajstić information content (AvgIpc) is 1.50. The van der Waals surface area contributed by atoms with Crippen LogP contribution in [0.15, 0.2) is 237 Å². The molecule has 3 aliphatic rings. The fourth-order valence-corrected chi connectivity index (χ4v) is 15.9. The minimum absolute atomic E-state index is 0. The van der Waals surface area contributed by atoms with E-state index in [0.717, 1.165) is 73.5 Å². The normalized spacial score (nSPS) is 14.0. The van der Waals surface area contributed by atoms with Gasteiger partial charge in [0.15, 0.2) is 0 Å². The van der Waals surface area contributed by atoms with Crippen LogP contribution in [-0.2, 0) is 60.0 Å². The first kappa shape index (κ1) is 66.3. The second-order valence-electron chi connectivity index (χ2n) is 33.0. The van der Waals surface area contributed by atoms with Gasteiger partial charge in [-0.1, -0.05) is 267 Å². The number of para-hydroxylation sites is 3. The molecule has 2 aromatic heterocycles. The number of benzene rings is 11. The third kappa shape index (κ3) is 11.1. The average molecular weight is 1480 g/mol. The Kier molecular flexibility index (Phi) is 16.0. The summed E-state index contributed by atoms with van der Waals surface area (Å²) in [5.41, 5.74) is 29.0. The molecule has 0 atom stereocenters. The maximum Gasteiger partial charge on any atom is 0.135 e. The van der Waals surface area contributed by atoms with E-state index < -0.39 is 5.41 Å². The SMILES string of the molecule is CC(C)(C)c1cccc(-c2cnc(-n3c4[c-]c(Oc5[c-]c(N6[CH-]N(c7c(-c8cc(C(C)(C)C)cc(C(C)(C)C)c8)cc(C(C)(C)C)cc7-c7ccc8c(c7)-c7ccccc7C87c8ccccc8Cc8ccccc87)c7ccccc76)ccc5)ccc4c4ccccc43)cc2C(C)(C)C)c1.[Pt]. The maximum absolute atomic E-state index is 6.99. The van der Waals surface area contributed by atoms with Crippen LogP contribution in [0.2, 0.25) is 0 Å². The number of pyridine rings is 1. The van der Waals surface area contributed by atoms with E-state index in [4.69, 9.17) is 9.72 Å². The van der Waals surface area contributed by atoms with Crippen LogP contribution in [0.5, 0.6) is 11.5 Å². The molecule has 6 heteroatoms. The summed E-state index contributed by atoms with van der Waals surface area (Å²) in [6.07, 6.45) is 2.98. The summed E-state index contributed by atoms with van der Waals surface area (Å²) < 4.78 is 9.24. The monoisotopic (exact) mass is 1480 g/mol. The largest absolute Gasteiger partial charge is 0.509 e. The molecule has 11 aromatic carbocycles. The van der Waals surface area contributed by atoms with E-state index in [1.54, 1.807) is 0 Å². The van der Waals surface area contributed by atoms with Crippen molar-refractivity contribution in [3.63, 3.8) is 0 Å². The molecule has 1 spiro atoms. The van der Waals surface area contributed by atoms with E-state index in [9.17, 15) is 0 Å². The number of aromatic nitrogens is 2. The fraction of sp³-hybridized carbons (Fsp3) is 0.234. The molecule has 0 unspecified atom stereocenters. The standard InChI is InChI=1S/C94H87N4O.Pt/c1-89(2,3)64-31-26-30-59(47-64)77-57-95-87(56-82(77)93(13,14)15)98-83-39-23-19-35-72(83)73-44-43-70(55-86(73)98)99-69-33-27-32-68(54-69)96-58-97(85-41-25-24-40-84(85)96)88-74(52-67(92(10,11)12)53-75(88)63-48-65(90(4,5)6)51-66(49-63)91(7,8)9)60-42-45-81-76(50-60)71-34-18-22-38-80(71)94(81)78-36-20-16-28-61(78)46-62-29-17-21-37-79(62)94;/h16-45,47-53,56-58H,46H2,1-15H3;/q-3;. The van der Waals surface area contributed by atoms with Gasteiger partial charge in [-0.25, -0.2) is 4.98 Å². The number of ether oxygens (including phenoxy) is 1. The van der Waals surface area contributed by atoms with E-state index in [1.807, 2.05) is 12.1 Å². The summed E-state index contributed by atoms with van der Waals surface area (Å²) in [6, 6.07) is 94.0. The molecule has 2 aliphatic carbocycles. The number of fused-ring (bicyclic) bond motifs is 13. The minimum Gasteiger partial charge on any atom is -0.509 e. The Balaban J connectivity index is 0.00000812. The zero-order valence-electron chi connectivity index (χ0n) is 60.3. The first-order chi connectivity index (χ1) is 47.2. The Morgan fingerprint density at radius 2 is 0.950 bits per heavy atom. The van der Waals surface area contributed by atoms with E-state index in [2.05, 4.69) is 362 Å². The van der Waals surface area contributed by atoms with Gasteiger partial charge in [0.1, 0.15) is 5.82 Å². The summed E-state index contributed by atoms with van der Waals surface area (Å²) in [4.78, 5) is 10.0. The summed E-state index contributed by atoms with van der Waals surface area (Å²) in [5, 5.41) is 2.20. The molecule has 0 bridgehead atoms. The summed E-state index contributed by atoms with van der Waals surface area (Å²) in [7, 11) is 0. The second-order valence-corrected chi connectivity index (χ2v) is 33.0. The van der Waals surface area contributed by atoms with Gasteiger partial charge in [-0.05, 0) is 170 Å². The maximum atomic E-state index is 6.99. The van der Waals surface area contributed by atoms with Crippen molar-refractivity contribution in [3.8, 4) is 61.8 Å². The van der Waals surface area contributed by atoms with Crippen molar-refractivity contribution in [1.82, 2.24) is 9.55 Å². The van der Waals surface area contributed by atoms with Crippen LogP contribution < -0.4 is 14.5 Å². The van der Waals surface area contributed by atoms with Gasteiger partial charge < -0.3 is 19.1 Å². The second kappa shape index (κ2) is 24.1. The van der Waals surface area contributed by atoms with Gasteiger partial charge in [0.05, 0.1) is 5.41 Å². The molecule has 13 aromatic rings. The molecule has 5 nitrogen and oxygen atoms in total. The van der Waals surface area contributed by atoms with Gasteiger partial charge in [-0.2, -0.15) is 12.1 Å². The van der Waals surface area contributed by atoms with Gasteiger partial charge in [-0.15, -0.1) is 48.1 Å². The number of hydrogen-bond acceptors (Lipinski definition) is 4. The van der Waals surface area contributed by atoms with Crippen molar-refractivity contribution in [1.29, 1.82) is 0 Å². The molecule has 0 fully saturated rings. The van der Waals surface area contributed by atoms with Crippen molar-refractivity contribution in [2.75, 3.05) is 9.80 Å². The number of nitrogens with zero attached hydrogens (tertiary/aromatic N) is 4. The van der Waals surface area contributed by atoms with Crippen molar-refractivity contribution in [2.24, 2.45) is 0 Å². The molecule has 3 heterocycles. The molecule has 1 aliphatic heterocycles. The molecular formula is C94H87N4OPt-3. The van der Waals surface area contributed by atoms with Crippen LogP contribution >= 0.6 is 0 Å². The van der Waals surface area contributed by atoms with Crippen LogP contribution in [0.25, 0.3) is 72.1 Å². The first-order valence-corrected chi connectivity index (χ1v) is 35.3. The van der Waals surface area contributed by atoms with Crippen molar-refractivity contribution >= 4 is 44.6 Å². The predicted octanol–water partition coefficient (Wildman–Crippen LogP) is 24.7. The summed E-state index contributed by atoms with van der Waals surface area (Å²) in [6.45, 7) is 37.1. The Bertz CT molecular complexity index is 5340. The smallest absolute Gasteiger partial charge is 0.135 e. The van der Waals surface area contributed by atoms with Gasteiger partial charge in [-0.3, -0.25) is 0 Å². The zero-order valence-corrected chi connectivity index (χ0v) is 62.6. The predicted molar refractivity (Wildman–Crippen MR) is 414 cm³/mol. The van der Waals surface area contributed by atoms with E-state index in [-0.39, 0.29) is 48.1 Å². The van der Waals surface area contributed by atoms with Gasteiger partial charge in [0, 0.05) is 78.0 Å². The Morgan fingerprint density at radius 1 is 0.400 bits per heavy atom. The van der Waals surface area contributed by atoms with E-state index in [0.29, 0.717) is 11.5 Å². The Morgan fingerprint density at radius 3 is 1.62 bits per heavy atom. The van der Waals surface area contributed by atoms with Crippen molar-refractivity contribution in [2.45, 2.75) is 143 Å². The Hall–Kier alpha value is -9.54. The van der Waals surface area contributed by atoms with Crippen LogP contribution in [-0.4, -0.2) is 9.55 Å². The number of hydrogen-bond donors (Lipinski definition) is 0. The molecule has 0 radical (unpaired) electrons. The van der Waals surface area contributed by atoms with Crippen molar-refractivity contribution < 1.29 is 25.8 Å². The molecular weight excluding hydrogens is 1400 g/mol. The molecule has 16 rings (SSSR count). The van der Waals surface area contributed by atoms with Crippen LogP contribution in [0.1, 0.15) is 165 Å². The topological polar surface area (TPSA) is 33.5 Å².